The first-order chi connectivity index (χ1) is 13.0. The Morgan fingerprint density at radius 3 is 2.59 bits per heavy atom. The molecule has 8 heteroatoms. The Balaban J connectivity index is 2.04. The standard InChI is InChI=1S/C19H19N3O5/c1-3-11-27-17-10-5-14(12-18(17)26-4-2)13-20-21-19(23)15-6-8-16(9-7-15)22(24)25/h3,5-10,12-13H,1,4,11H2,2H3,(H,21,23)/b20-13-. The Morgan fingerprint density at radius 1 is 1.22 bits per heavy atom. The summed E-state index contributed by atoms with van der Waals surface area (Å²) in [5.41, 5.74) is 3.25. The molecule has 0 unspecified atom stereocenters. The van der Waals surface area contributed by atoms with Crippen molar-refractivity contribution in [1.82, 2.24) is 5.43 Å². The van der Waals surface area contributed by atoms with E-state index in [4.69, 9.17) is 9.47 Å². The number of carbonyl (C=O) groups excluding carboxylic acids is 1. The highest BCUT2D eigenvalue weighted by atomic mass is 16.6. The van der Waals surface area contributed by atoms with Crippen LogP contribution >= 0.6 is 0 Å². The molecule has 0 heterocycles. The lowest BCUT2D eigenvalue weighted by molar-refractivity contribution is -0.384. The summed E-state index contributed by atoms with van der Waals surface area (Å²) in [4.78, 5) is 22.1. The molecule has 0 saturated heterocycles. The van der Waals surface area contributed by atoms with Crippen LogP contribution in [0, 0.1) is 10.1 Å². The van der Waals surface area contributed by atoms with Gasteiger partial charge in [-0.3, -0.25) is 14.9 Å². The highest BCUT2D eigenvalue weighted by molar-refractivity contribution is 5.95. The van der Waals surface area contributed by atoms with Gasteiger partial charge in [-0.15, -0.1) is 0 Å². The van der Waals surface area contributed by atoms with Crippen molar-refractivity contribution in [2.75, 3.05) is 13.2 Å². The van der Waals surface area contributed by atoms with Crippen LogP contribution in [0.1, 0.15) is 22.8 Å². The fraction of sp³-hybridized carbons (Fsp3) is 0.158. The SMILES string of the molecule is C=CCOc1ccc(/C=N\NC(=O)c2ccc([N+](=O)[O-])cc2)cc1OCC. The second-order valence-electron chi connectivity index (χ2n) is 5.24. The zero-order valence-corrected chi connectivity index (χ0v) is 14.8. The van der Waals surface area contributed by atoms with Crippen molar-refractivity contribution in [3.05, 3.63) is 76.4 Å². The quantitative estimate of drug-likeness (QED) is 0.316. The molecular formula is C19H19N3O5. The first kappa shape index (κ1) is 19.6. The van der Waals surface area contributed by atoms with Gasteiger partial charge in [-0.25, -0.2) is 5.43 Å². The van der Waals surface area contributed by atoms with Gasteiger partial charge in [-0.2, -0.15) is 5.10 Å². The maximum atomic E-state index is 12.0. The van der Waals surface area contributed by atoms with Gasteiger partial charge in [0.15, 0.2) is 11.5 Å². The molecule has 0 aliphatic rings. The Bertz CT molecular complexity index is 847. The van der Waals surface area contributed by atoms with Gasteiger partial charge in [0.2, 0.25) is 0 Å². The van der Waals surface area contributed by atoms with Gasteiger partial charge >= 0.3 is 0 Å². The monoisotopic (exact) mass is 369 g/mol. The molecule has 2 aromatic rings. The minimum Gasteiger partial charge on any atom is -0.490 e. The van der Waals surface area contributed by atoms with Crippen LogP contribution in [0.15, 0.2) is 60.2 Å². The number of ether oxygens (including phenoxy) is 2. The smallest absolute Gasteiger partial charge is 0.271 e. The second-order valence-corrected chi connectivity index (χ2v) is 5.24. The van der Waals surface area contributed by atoms with Crippen LogP contribution in [0.5, 0.6) is 11.5 Å². The minimum atomic E-state index is -0.530. The third-order valence-corrected chi connectivity index (χ3v) is 3.34. The number of hydrogen-bond donors (Lipinski definition) is 1. The van der Waals surface area contributed by atoms with Crippen LogP contribution in [0.25, 0.3) is 0 Å². The summed E-state index contributed by atoms with van der Waals surface area (Å²) < 4.78 is 11.1. The lowest BCUT2D eigenvalue weighted by Crippen LogP contribution is -2.17. The summed E-state index contributed by atoms with van der Waals surface area (Å²) in [6, 6.07) is 10.5. The Morgan fingerprint density at radius 2 is 1.96 bits per heavy atom. The average molecular weight is 369 g/mol. The largest absolute Gasteiger partial charge is 0.490 e. The maximum absolute atomic E-state index is 12.0. The molecule has 0 fully saturated rings. The Kier molecular flexibility index (Phi) is 7.07. The summed E-state index contributed by atoms with van der Waals surface area (Å²) in [6.07, 6.45) is 3.10. The third-order valence-electron chi connectivity index (χ3n) is 3.34. The number of nitrogens with one attached hydrogen (secondary N) is 1. The number of nitrogens with zero attached hydrogens (tertiary/aromatic N) is 2. The van der Waals surface area contributed by atoms with Gasteiger partial charge in [0.1, 0.15) is 6.61 Å². The molecule has 0 bridgehead atoms. The zero-order chi connectivity index (χ0) is 19.6. The molecule has 0 aliphatic carbocycles. The summed E-state index contributed by atoms with van der Waals surface area (Å²) in [6.45, 7) is 6.30. The summed E-state index contributed by atoms with van der Waals surface area (Å²) in [5.74, 6) is 0.672. The van der Waals surface area contributed by atoms with Crippen molar-refractivity contribution in [3.63, 3.8) is 0 Å². The highest BCUT2D eigenvalue weighted by Crippen LogP contribution is 2.28. The van der Waals surface area contributed by atoms with E-state index in [2.05, 4.69) is 17.1 Å². The highest BCUT2D eigenvalue weighted by Gasteiger charge is 2.09. The molecule has 1 N–H and O–H groups in total. The molecular weight excluding hydrogens is 350 g/mol. The van der Waals surface area contributed by atoms with Gasteiger partial charge in [0.25, 0.3) is 11.6 Å². The van der Waals surface area contributed by atoms with E-state index in [1.54, 1.807) is 24.3 Å². The molecule has 2 aromatic carbocycles. The Labute approximate surface area is 156 Å². The Hall–Kier alpha value is -3.68. The van der Waals surface area contributed by atoms with Gasteiger partial charge < -0.3 is 9.47 Å². The van der Waals surface area contributed by atoms with Crippen LogP contribution in [0.3, 0.4) is 0 Å². The van der Waals surface area contributed by atoms with Gasteiger partial charge in [-0.1, -0.05) is 12.7 Å². The summed E-state index contributed by atoms with van der Waals surface area (Å²) in [5, 5.41) is 14.5. The third kappa shape index (κ3) is 5.67. The number of amides is 1. The summed E-state index contributed by atoms with van der Waals surface area (Å²) in [7, 11) is 0. The van der Waals surface area contributed by atoms with Gasteiger partial charge in [-0.05, 0) is 42.8 Å². The van der Waals surface area contributed by atoms with Gasteiger partial charge in [0, 0.05) is 17.7 Å². The van der Waals surface area contributed by atoms with Crippen molar-refractivity contribution < 1.29 is 19.2 Å². The number of rotatable bonds is 9. The van der Waals surface area contributed by atoms with E-state index < -0.39 is 10.8 Å². The van der Waals surface area contributed by atoms with E-state index in [1.807, 2.05) is 6.92 Å². The predicted octanol–water partition coefficient (Wildman–Crippen LogP) is 3.32. The van der Waals surface area contributed by atoms with Crippen LogP contribution in [-0.4, -0.2) is 30.3 Å². The fourth-order valence-electron chi connectivity index (χ4n) is 2.11. The van der Waals surface area contributed by atoms with E-state index in [0.717, 1.165) is 0 Å². The number of nitro groups is 1. The van der Waals surface area contributed by atoms with Crippen molar-refractivity contribution in [2.45, 2.75) is 6.92 Å². The van der Waals surface area contributed by atoms with Crippen molar-refractivity contribution in [1.29, 1.82) is 0 Å². The zero-order valence-electron chi connectivity index (χ0n) is 14.8. The molecule has 0 radical (unpaired) electrons. The minimum absolute atomic E-state index is 0.0859. The predicted molar refractivity (Wildman–Crippen MR) is 101 cm³/mol. The van der Waals surface area contributed by atoms with E-state index in [9.17, 15) is 14.9 Å². The van der Waals surface area contributed by atoms with Crippen molar-refractivity contribution in [3.8, 4) is 11.5 Å². The number of benzene rings is 2. The molecule has 0 saturated carbocycles. The van der Waals surface area contributed by atoms with E-state index in [0.29, 0.717) is 30.3 Å². The topological polar surface area (TPSA) is 103 Å². The van der Waals surface area contributed by atoms with Crippen molar-refractivity contribution >= 4 is 17.8 Å². The van der Waals surface area contributed by atoms with E-state index in [1.165, 1.54) is 30.5 Å². The molecule has 140 valence electrons. The normalized spacial score (nSPS) is 10.4. The lowest BCUT2D eigenvalue weighted by atomic mass is 10.2. The molecule has 2 rings (SSSR count). The number of carbonyl (C=O) groups is 1. The number of hydrazone groups is 1. The van der Waals surface area contributed by atoms with Crippen molar-refractivity contribution in [2.24, 2.45) is 5.10 Å². The maximum Gasteiger partial charge on any atom is 0.271 e. The van der Waals surface area contributed by atoms with Crippen LogP contribution in [-0.2, 0) is 0 Å². The van der Waals surface area contributed by atoms with E-state index >= 15 is 0 Å². The van der Waals surface area contributed by atoms with Crippen LogP contribution < -0.4 is 14.9 Å². The van der Waals surface area contributed by atoms with Gasteiger partial charge in [0.05, 0.1) is 17.7 Å². The average Bonchev–Trinajstić information content (AvgIpc) is 2.67. The molecule has 0 spiro atoms. The lowest BCUT2D eigenvalue weighted by Gasteiger charge is -2.11. The molecule has 0 atom stereocenters. The molecule has 0 aliphatic heterocycles. The van der Waals surface area contributed by atoms with E-state index in [-0.39, 0.29) is 11.3 Å². The van der Waals surface area contributed by atoms with Crippen LogP contribution in [0.4, 0.5) is 5.69 Å². The molecule has 27 heavy (non-hydrogen) atoms. The second kappa shape index (κ2) is 9.71. The number of non-ortho nitro benzene ring substituents is 1. The molecule has 8 nitrogen and oxygen atoms in total. The van der Waals surface area contributed by atoms with Crippen LogP contribution in [0.2, 0.25) is 0 Å². The summed E-state index contributed by atoms with van der Waals surface area (Å²) >= 11 is 0. The number of hydrogen-bond acceptors (Lipinski definition) is 6. The fourth-order valence-corrected chi connectivity index (χ4v) is 2.11. The molecule has 1 amide bonds. The first-order valence-corrected chi connectivity index (χ1v) is 8.13. The molecule has 0 aromatic heterocycles. The number of nitro benzene ring substituents is 1. The first-order valence-electron chi connectivity index (χ1n) is 8.13.